The number of nitrogens with zero attached hydrogens (tertiary/aromatic N) is 1. The quantitative estimate of drug-likeness (QED) is 0.234. The van der Waals surface area contributed by atoms with Gasteiger partial charge >= 0.3 is 0 Å². The van der Waals surface area contributed by atoms with Crippen LogP contribution in [0.1, 0.15) is 13.8 Å². The van der Waals surface area contributed by atoms with Crippen LogP contribution in [0, 0.1) is 0 Å². The van der Waals surface area contributed by atoms with Gasteiger partial charge in [0.05, 0.1) is 0 Å². The van der Waals surface area contributed by atoms with E-state index in [1.807, 2.05) is 0 Å². The molecule has 0 aliphatic rings. The Morgan fingerprint density at radius 1 is 1.62 bits per heavy atom. The predicted molar refractivity (Wildman–Crippen MR) is 31.3 cm³/mol. The largest absolute Gasteiger partial charge is 0.506 e. The first-order valence-corrected chi connectivity index (χ1v) is 2.26. The van der Waals surface area contributed by atoms with E-state index in [-0.39, 0.29) is 11.5 Å². The molecule has 0 spiro atoms. The van der Waals surface area contributed by atoms with E-state index >= 15 is 0 Å². The van der Waals surface area contributed by atoms with Gasteiger partial charge in [-0.05, 0) is 19.9 Å². The van der Waals surface area contributed by atoms with Crippen LogP contribution in [-0.4, -0.2) is 16.0 Å². The van der Waals surface area contributed by atoms with Crippen molar-refractivity contribution in [2.45, 2.75) is 13.8 Å². The fourth-order valence-corrected chi connectivity index (χ4v) is 0.260. The van der Waals surface area contributed by atoms with Gasteiger partial charge in [0.25, 0.3) is 0 Å². The monoisotopic (exact) mass is 115 g/mol. The molecule has 2 N–H and O–H groups in total. The molecule has 0 atom stereocenters. The summed E-state index contributed by atoms with van der Waals surface area (Å²) in [5.41, 5.74) is 0.229. The van der Waals surface area contributed by atoms with Crippen molar-refractivity contribution in [3.8, 4) is 0 Å². The van der Waals surface area contributed by atoms with E-state index in [0.29, 0.717) is 0 Å². The van der Waals surface area contributed by atoms with Crippen molar-refractivity contribution in [1.82, 2.24) is 0 Å². The maximum absolute atomic E-state index is 8.70. The fraction of sp³-hybridized carbons (Fsp3) is 0.400. The van der Waals surface area contributed by atoms with Gasteiger partial charge in [-0.25, -0.2) is 0 Å². The minimum atomic E-state index is 0.00694. The van der Waals surface area contributed by atoms with Gasteiger partial charge in [-0.3, -0.25) is 0 Å². The average Bonchev–Trinajstić information content (AvgIpc) is 1.84. The smallest absolute Gasteiger partial charge is 0.135 e. The number of hydrogen-bond donors (Lipinski definition) is 2. The van der Waals surface area contributed by atoms with Crippen LogP contribution in [0.4, 0.5) is 0 Å². The van der Waals surface area contributed by atoms with E-state index in [1.165, 1.54) is 13.0 Å². The highest BCUT2D eigenvalue weighted by Gasteiger charge is 1.92. The lowest BCUT2D eigenvalue weighted by molar-refractivity contribution is 0.314. The van der Waals surface area contributed by atoms with Gasteiger partial charge in [0, 0.05) is 0 Å². The molecule has 3 nitrogen and oxygen atoms in total. The molecule has 8 heavy (non-hydrogen) atoms. The summed E-state index contributed by atoms with van der Waals surface area (Å²) < 4.78 is 0. The maximum atomic E-state index is 8.70. The lowest BCUT2D eigenvalue weighted by Gasteiger charge is -1.90. The first kappa shape index (κ1) is 7.01. The molecule has 0 heterocycles. The number of rotatable bonds is 1. The van der Waals surface area contributed by atoms with E-state index in [0.717, 1.165) is 0 Å². The van der Waals surface area contributed by atoms with Crippen LogP contribution in [0.2, 0.25) is 0 Å². The van der Waals surface area contributed by atoms with Crippen molar-refractivity contribution in [1.29, 1.82) is 0 Å². The number of allylic oxidation sites excluding steroid dienone is 2. The Hall–Kier alpha value is -0.990. The van der Waals surface area contributed by atoms with Crippen LogP contribution in [0.15, 0.2) is 17.0 Å². The molecule has 0 bridgehead atoms. The van der Waals surface area contributed by atoms with Gasteiger partial charge in [-0.2, -0.15) is 0 Å². The molecule has 0 aliphatic heterocycles. The Balaban J connectivity index is 4.04. The summed E-state index contributed by atoms with van der Waals surface area (Å²) in [7, 11) is 0. The predicted octanol–water partition coefficient (Wildman–Crippen LogP) is 1.30. The van der Waals surface area contributed by atoms with Gasteiger partial charge < -0.3 is 10.3 Å². The van der Waals surface area contributed by atoms with Crippen LogP contribution in [0.3, 0.4) is 0 Å². The van der Waals surface area contributed by atoms with Crippen LogP contribution in [0.5, 0.6) is 0 Å². The summed E-state index contributed by atoms with van der Waals surface area (Å²) in [6.45, 7) is 3.17. The molecule has 46 valence electrons. The highest BCUT2D eigenvalue weighted by atomic mass is 16.4. The molecule has 0 saturated heterocycles. The Labute approximate surface area is 47.9 Å². The van der Waals surface area contributed by atoms with E-state index < -0.39 is 0 Å². The third kappa shape index (κ3) is 1.64. The van der Waals surface area contributed by atoms with Gasteiger partial charge in [-0.15, -0.1) is 0 Å². The van der Waals surface area contributed by atoms with E-state index in [1.54, 1.807) is 6.92 Å². The Morgan fingerprint density at radius 3 is 2.25 bits per heavy atom. The molecule has 0 radical (unpaired) electrons. The van der Waals surface area contributed by atoms with Gasteiger partial charge in [0.1, 0.15) is 11.5 Å². The third-order valence-electron chi connectivity index (χ3n) is 0.794. The second kappa shape index (κ2) is 3.07. The summed E-state index contributed by atoms with van der Waals surface area (Å²) in [4.78, 5) is 0. The first-order chi connectivity index (χ1) is 3.72. The van der Waals surface area contributed by atoms with E-state index in [2.05, 4.69) is 5.16 Å². The number of aliphatic hydroxyl groups is 1. The van der Waals surface area contributed by atoms with Crippen molar-refractivity contribution in [3.63, 3.8) is 0 Å². The molecular formula is C5H9NO2. The summed E-state index contributed by atoms with van der Waals surface area (Å²) in [6, 6.07) is 0. The van der Waals surface area contributed by atoms with Crippen LogP contribution < -0.4 is 0 Å². The molecule has 0 fully saturated rings. The number of hydrogen-bond acceptors (Lipinski definition) is 3. The summed E-state index contributed by atoms with van der Waals surface area (Å²) in [6.07, 6.45) is 1.45. The summed E-state index contributed by atoms with van der Waals surface area (Å²) in [5, 5.41) is 19.5. The second-order valence-electron chi connectivity index (χ2n) is 1.36. The lowest BCUT2D eigenvalue weighted by Crippen LogP contribution is -1.94. The molecule has 0 amide bonds. The molecule has 0 rings (SSSR count). The van der Waals surface area contributed by atoms with Crippen LogP contribution in [-0.2, 0) is 0 Å². The maximum Gasteiger partial charge on any atom is 0.135 e. The Bertz CT molecular complexity index is 110. The molecule has 0 aromatic heterocycles. The first-order valence-electron chi connectivity index (χ1n) is 2.26. The van der Waals surface area contributed by atoms with Crippen molar-refractivity contribution in [2.24, 2.45) is 5.16 Å². The molecule has 0 aromatic rings. The summed E-state index contributed by atoms with van der Waals surface area (Å²) >= 11 is 0. The average molecular weight is 115 g/mol. The highest BCUT2D eigenvalue weighted by Crippen LogP contribution is 1.89. The van der Waals surface area contributed by atoms with E-state index in [9.17, 15) is 0 Å². The molecule has 0 unspecified atom stereocenters. The normalized spacial score (nSPS) is 14.2. The van der Waals surface area contributed by atoms with Crippen molar-refractivity contribution < 1.29 is 10.3 Å². The second-order valence-corrected chi connectivity index (χ2v) is 1.36. The Morgan fingerprint density at radius 2 is 2.12 bits per heavy atom. The molecule has 0 saturated carbocycles. The zero-order chi connectivity index (χ0) is 6.57. The van der Waals surface area contributed by atoms with Gasteiger partial charge in [0.2, 0.25) is 0 Å². The SMILES string of the molecule is C/C=C(O)/C(C)=N/O. The lowest BCUT2D eigenvalue weighted by atomic mass is 10.3. The molecule has 3 heteroatoms. The highest BCUT2D eigenvalue weighted by molar-refractivity contribution is 5.95. The van der Waals surface area contributed by atoms with Crippen molar-refractivity contribution in [2.75, 3.05) is 0 Å². The van der Waals surface area contributed by atoms with Crippen molar-refractivity contribution >= 4 is 5.71 Å². The molecule has 0 aromatic carbocycles. The minimum Gasteiger partial charge on any atom is -0.506 e. The topological polar surface area (TPSA) is 52.8 Å². The summed E-state index contributed by atoms with van der Waals surface area (Å²) in [5.74, 6) is 0.00694. The molecular weight excluding hydrogens is 106 g/mol. The zero-order valence-electron chi connectivity index (χ0n) is 4.92. The van der Waals surface area contributed by atoms with Crippen molar-refractivity contribution in [3.05, 3.63) is 11.8 Å². The minimum absolute atomic E-state index is 0.00694. The molecule has 0 aliphatic carbocycles. The number of oxime groups is 1. The van der Waals surface area contributed by atoms with Crippen LogP contribution in [0.25, 0.3) is 0 Å². The third-order valence-corrected chi connectivity index (χ3v) is 0.794. The number of aliphatic hydroxyl groups excluding tert-OH is 1. The van der Waals surface area contributed by atoms with Gasteiger partial charge in [-0.1, -0.05) is 5.16 Å². The van der Waals surface area contributed by atoms with E-state index in [4.69, 9.17) is 10.3 Å². The van der Waals surface area contributed by atoms with Crippen LogP contribution >= 0.6 is 0 Å². The standard InChI is InChI=1S/C5H9NO2/c1-3-5(7)4(2)6-8/h3,7-8H,1-2H3/b5-3-,6-4+. The fourth-order valence-electron chi connectivity index (χ4n) is 0.260. The zero-order valence-corrected chi connectivity index (χ0v) is 4.92. The van der Waals surface area contributed by atoms with Gasteiger partial charge in [0.15, 0.2) is 0 Å². The Kier molecular flexibility index (Phi) is 2.69.